The molecule has 0 unspecified atom stereocenters. The molecule has 3 nitrogen and oxygen atoms in total. The summed E-state index contributed by atoms with van der Waals surface area (Å²) in [6, 6.07) is 8.34. The molecule has 0 radical (unpaired) electrons. The third-order valence-electron chi connectivity index (χ3n) is 4.80. The fourth-order valence-corrected chi connectivity index (χ4v) is 4.44. The van der Waals surface area contributed by atoms with Gasteiger partial charge in [0.05, 0.1) is 15.2 Å². The van der Waals surface area contributed by atoms with Crippen LogP contribution in [0.4, 0.5) is 0 Å². The number of piperidine rings is 1. The van der Waals surface area contributed by atoms with Gasteiger partial charge in [-0.25, -0.2) is 4.98 Å². The third-order valence-corrected chi connectivity index (χ3v) is 6.00. The molecule has 0 N–H and O–H groups in total. The molecule has 1 saturated heterocycles. The summed E-state index contributed by atoms with van der Waals surface area (Å²) in [5.74, 6) is 1.08. The second-order valence-corrected chi connectivity index (χ2v) is 7.20. The molecule has 22 heavy (non-hydrogen) atoms. The van der Waals surface area contributed by atoms with Crippen molar-refractivity contribution in [3.8, 4) is 0 Å². The first-order valence-electron chi connectivity index (χ1n) is 8.37. The number of fused-ring (bicyclic) bond motifs is 1. The molecule has 1 aromatic carbocycles. The molecule has 0 bridgehead atoms. The molecule has 118 valence electrons. The van der Waals surface area contributed by atoms with Crippen LogP contribution in [0.15, 0.2) is 24.3 Å². The minimum absolute atomic E-state index is 0.207. The van der Waals surface area contributed by atoms with Crippen LogP contribution in [0.3, 0.4) is 0 Å². The molecular weight excluding hydrogens is 292 g/mol. The number of carbonyl (C=O) groups is 1. The number of amides is 1. The maximum atomic E-state index is 12.5. The molecule has 3 rings (SSSR count). The topological polar surface area (TPSA) is 33.2 Å². The van der Waals surface area contributed by atoms with E-state index in [0.29, 0.717) is 11.8 Å². The molecule has 1 aromatic heterocycles. The Bertz CT molecular complexity index is 606. The van der Waals surface area contributed by atoms with Crippen molar-refractivity contribution >= 4 is 27.5 Å². The van der Waals surface area contributed by atoms with Gasteiger partial charge < -0.3 is 4.90 Å². The van der Waals surface area contributed by atoms with E-state index in [-0.39, 0.29) is 5.92 Å². The number of carbonyl (C=O) groups excluding carboxylic acids is 1. The summed E-state index contributed by atoms with van der Waals surface area (Å²) in [6.07, 6.45) is 4.00. The first-order chi connectivity index (χ1) is 10.7. The molecule has 0 atom stereocenters. The van der Waals surface area contributed by atoms with E-state index in [1.165, 1.54) is 9.71 Å². The quantitative estimate of drug-likeness (QED) is 0.835. The smallest absolute Gasteiger partial charge is 0.225 e. The van der Waals surface area contributed by atoms with Gasteiger partial charge in [-0.05, 0) is 37.8 Å². The number of nitrogens with zero attached hydrogens (tertiary/aromatic N) is 2. The van der Waals surface area contributed by atoms with Crippen LogP contribution in [-0.2, 0) is 4.79 Å². The number of para-hydroxylation sites is 1. The Kier molecular flexibility index (Phi) is 4.77. The lowest BCUT2D eigenvalue weighted by Gasteiger charge is -2.33. The van der Waals surface area contributed by atoms with Gasteiger partial charge in [0.25, 0.3) is 0 Å². The number of likely N-dealkylation sites (tertiary alicyclic amines) is 1. The van der Waals surface area contributed by atoms with Crippen LogP contribution in [0, 0.1) is 5.92 Å². The molecule has 2 heterocycles. The van der Waals surface area contributed by atoms with Crippen molar-refractivity contribution in [2.45, 2.75) is 45.4 Å². The van der Waals surface area contributed by atoms with Crippen LogP contribution in [-0.4, -0.2) is 28.9 Å². The van der Waals surface area contributed by atoms with Gasteiger partial charge in [-0.2, -0.15) is 0 Å². The maximum Gasteiger partial charge on any atom is 0.225 e. The van der Waals surface area contributed by atoms with E-state index in [9.17, 15) is 4.79 Å². The van der Waals surface area contributed by atoms with E-state index < -0.39 is 0 Å². The van der Waals surface area contributed by atoms with Gasteiger partial charge in [-0.15, -0.1) is 11.3 Å². The lowest BCUT2D eigenvalue weighted by atomic mass is 9.95. The Morgan fingerprint density at radius 3 is 2.59 bits per heavy atom. The number of benzene rings is 1. The first-order valence-corrected chi connectivity index (χ1v) is 9.18. The van der Waals surface area contributed by atoms with Gasteiger partial charge in [0.2, 0.25) is 5.91 Å². The number of hydrogen-bond acceptors (Lipinski definition) is 3. The number of aromatic nitrogens is 1. The van der Waals surface area contributed by atoms with Gasteiger partial charge >= 0.3 is 0 Å². The van der Waals surface area contributed by atoms with Gasteiger partial charge in [-0.3, -0.25) is 4.79 Å². The van der Waals surface area contributed by atoms with Crippen molar-refractivity contribution < 1.29 is 4.79 Å². The van der Waals surface area contributed by atoms with Crippen LogP contribution in [0.2, 0.25) is 0 Å². The summed E-state index contributed by atoms with van der Waals surface area (Å²) in [5, 5.41) is 1.25. The normalized spacial score (nSPS) is 16.6. The van der Waals surface area contributed by atoms with Gasteiger partial charge in [0, 0.05) is 24.9 Å². The van der Waals surface area contributed by atoms with Crippen molar-refractivity contribution in [2.24, 2.45) is 5.92 Å². The number of hydrogen-bond donors (Lipinski definition) is 0. The highest BCUT2D eigenvalue weighted by Gasteiger charge is 2.28. The number of thiazole rings is 1. The molecule has 1 aliphatic rings. The van der Waals surface area contributed by atoms with E-state index in [4.69, 9.17) is 4.98 Å². The predicted molar refractivity (Wildman–Crippen MR) is 92.2 cm³/mol. The Morgan fingerprint density at radius 2 is 1.95 bits per heavy atom. The van der Waals surface area contributed by atoms with Crippen molar-refractivity contribution in [3.63, 3.8) is 0 Å². The van der Waals surface area contributed by atoms with Gasteiger partial charge in [-0.1, -0.05) is 26.0 Å². The molecule has 0 spiro atoms. The molecule has 1 aliphatic heterocycles. The summed E-state index contributed by atoms with van der Waals surface area (Å²) in [6.45, 7) is 5.99. The lowest BCUT2D eigenvalue weighted by Crippen LogP contribution is -2.41. The second kappa shape index (κ2) is 6.78. The summed E-state index contributed by atoms with van der Waals surface area (Å²) in [7, 11) is 0. The minimum Gasteiger partial charge on any atom is -0.342 e. The fourth-order valence-electron chi connectivity index (χ4n) is 3.31. The molecule has 1 amide bonds. The highest BCUT2D eigenvalue weighted by Crippen LogP contribution is 2.34. The predicted octanol–water partition coefficient (Wildman–Crippen LogP) is 4.44. The lowest BCUT2D eigenvalue weighted by molar-refractivity contribution is -0.136. The standard InChI is InChI=1S/C18H24N2OS/c1-3-13(4-2)18(21)20-11-9-14(10-12-20)17-19-15-7-5-6-8-16(15)22-17/h5-8,13-14H,3-4,9-12H2,1-2H3. The van der Waals surface area contributed by atoms with E-state index in [1.54, 1.807) is 0 Å². The van der Waals surface area contributed by atoms with Crippen molar-refractivity contribution in [1.29, 1.82) is 0 Å². The highest BCUT2D eigenvalue weighted by molar-refractivity contribution is 7.18. The minimum atomic E-state index is 0.207. The maximum absolute atomic E-state index is 12.5. The van der Waals surface area contributed by atoms with Crippen LogP contribution in [0.25, 0.3) is 10.2 Å². The van der Waals surface area contributed by atoms with Crippen molar-refractivity contribution in [3.05, 3.63) is 29.3 Å². The van der Waals surface area contributed by atoms with Gasteiger partial charge in [0.15, 0.2) is 0 Å². The monoisotopic (exact) mass is 316 g/mol. The Hall–Kier alpha value is -1.42. The Balaban J connectivity index is 1.65. The van der Waals surface area contributed by atoms with Crippen LogP contribution < -0.4 is 0 Å². The largest absolute Gasteiger partial charge is 0.342 e. The molecule has 1 fully saturated rings. The van der Waals surface area contributed by atoms with Crippen LogP contribution >= 0.6 is 11.3 Å². The molecular formula is C18H24N2OS. The molecule has 2 aromatic rings. The summed E-state index contributed by atoms with van der Waals surface area (Å²) >= 11 is 1.81. The molecule has 0 saturated carbocycles. The summed E-state index contributed by atoms with van der Waals surface area (Å²) in [5.41, 5.74) is 1.11. The fraction of sp³-hybridized carbons (Fsp3) is 0.556. The summed E-state index contributed by atoms with van der Waals surface area (Å²) in [4.78, 5) is 19.3. The van der Waals surface area contributed by atoms with E-state index in [2.05, 4.69) is 36.9 Å². The first kappa shape index (κ1) is 15.5. The SMILES string of the molecule is CCC(CC)C(=O)N1CCC(c2nc3ccccc3s2)CC1. The number of rotatable bonds is 4. The average Bonchev–Trinajstić information content (AvgIpc) is 3.00. The Labute approximate surface area is 136 Å². The van der Waals surface area contributed by atoms with Crippen LogP contribution in [0.5, 0.6) is 0 Å². The van der Waals surface area contributed by atoms with Crippen molar-refractivity contribution in [1.82, 2.24) is 9.88 Å². The van der Waals surface area contributed by atoms with E-state index in [0.717, 1.165) is 44.3 Å². The second-order valence-electron chi connectivity index (χ2n) is 6.13. The molecule has 0 aliphatic carbocycles. The van der Waals surface area contributed by atoms with E-state index in [1.807, 2.05) is 17.4 Å². The summed E-state index contributed by atoms with van der Waals surface area (Å²) < 4.78 is 1.27. The zero-order valence-electron chi connectivity index (χ0n) is 13.4. The zero-order chi connectivity index (χ0) is 15.5. The zero-order valence-corrected chi connectivity index (χ0v) is 14.2. The Morgan fingerprint density at radius 1 is 1.27 bits per heavy atom. The average molecular weight is 316 g/mol. The van der Waals surface area contributed by atoms with Crippen LogP contribution in [0.1, 0.15) is 50.5 Å². The molecule has 4 heteroatoms. The van der Waals surface area contributed by atoms with Gasteiger partial charge in [0.1, 0.15) is 0 Å². The van der Waals surface area contributed by atoms with E-state index >= 15 is 0 Å². The van der Waals surface area contributed by atoms with Crippen molar-refractivity contribution in [2.75, 3.05) is 13.1 Å². The third kappa shape index (κ3) is 3.02. The highest BCUT2D eigenvalue weighted by atomic mass is 32.1.